The first-order valence-electron chi connectivity index (χ1n) is 4.63. The van der Waals surface area contributed by atoms with E-state index >= 15 is 0 Å². The molecule has 0 aliphatic rings. The summed E-state index contributed by atoms with van der Waals surface area (Å²) < 4.78 is 11.6. The van der Waals surface area contributed by atoms with E-state index in [0.29, 0.717) is 18.1 Å². The number of nitrogens with two attached hydrogens (primary N) is 2. The molecule has 90 valence electrons. The van der Waals surface area contributed by atoms with Crippen LogP contribution >= 0.6 is 24.0 Å². The van der Waals surface area contributed by atoms with Crippen LogP contribution in [-0.2, 0) is 16.6 Å². The fourth-order valence-electron chi connectivity index (χ4n) is 1.11. The minimum Gasteiger partial charge on any atom is -0.370 e. The Morgan fingerprint density at radius 3 is 2.44 bits per heavy atom. The first-order valence-corrected chi connectivity index (χ1v) is 6.11. The van der Waals surface area contributed by atoms with Crippen LogP contribution in [0.4, 0.5) is 0 Å². The Morgan fingerprint density at radius 2 is 1.88 bits per heavy atom. The number of benzene rings is 1. The second-order valence-corrected chi connectivity index (χ2v) is 4.66. The zero-order valence-electron chi connectivity index (χ0n) is 8.83. The van der Waals surface area contributed by atoms with Crippen molar-refractivity contribution < 1.29 is 4.21 Å². The highest BCUT2D eigenvalue weighted by Gasteiger charge is 2.00. The number of guanidine groups is 1. The van der Waals surface area contributed by atoms with Crippen LogP contribution in [0, 0.1) is 0 Å². The second kappa shape index (κ2) is 8.51. The normalized spacial score (nSPS) is 11.2. The highest BCUT2D eigenvalue weighted by molar-refractivity contribution is 14.0. The average molecular weight is 353 g/mol. The van der Waals surface area contributed by atoms with Gasteiger partial charge in [0.25, 0.3) is 0 Å². The Kier molecular flexibility index (Phi) is 8.18. The van der Waals surface area contributed by atoms with E-state index in [1.807, 2.05) is 30.3 Å². The molecule has 1 atom stereocenters. The second-order valence-electron chi connectivity index (χ2n) is 3.08. The number of halogens is 1. The van der Waals surface area contributed by atoms with Gasteiger partial charge in [0.1, 0.15) is 0 Å². The zero-order valence-corrected chi connectivity index (χ0v) is 12.0. The number of hydrogen-bond acceptors (Lipinski definition) is 2. The molecule has 1 rings (SSSR count). The first kappa shape index (κ1) is 15.4. The van der Waals surface area contributed by atoms with Crippen LogP contribution in [0.1, 0.15) is 5.56 Å². The Morgan fingerprint density at radius 1 is 1.25 bits per heavy atom. The van der Waals surface area contributed by atoms with E-state index in [0.717, 1.165) is 5.56 Å². The molecule has 0 aromatic heterocycles. The van der Waals surface area contributed by atoms with Crippen LogP contribution in [0.25, 0.3) is 0 Å². The van der Waals surface area contributed by atoms with Crippen molar-refractivity contribution in [1.82, 2.24) is 0 Å². The number of hydrogen-bond donors (Lipinski definition) is 2. The van der Waals surface area contributed by atoms with E-state index in [1.54, 1.807) is 0 Å². The van der Waals surface area contributed by atoms with Crippen molar-refractivity contribution in [2.75, 3.05) is 12.3 Å². The van der Waals surface area contributed by atoms with Gasteiger partial charge in [-0.1, -0.05) is 30.3 Å². The first-order chi connectivity index (χ1) is 7.18. The van der Waals surface area contributed by atoms with Crippen LogP contribution in [0.15, 0.2) is 35.3 Å². The molecule has 1 aromatic rings. The van der Waals surface area contributed by atoms with Crippen LogP contribution < -0.4 is 11.5 Å². The molecule has 0 amide bonds. The fraction of sp³-hybridized carbons (Fsp3) is 0.300. The van der Waals surface area contributed by atoms with Crippen LogP contribution in [0.3, 0.4) is 0 Å². The molecular formula is C10H16IN3OS. The molecule has 6 heteroatoms. The van der Waals surface area contributed by atoms with Crippen molar-refractivity contribution in [1.29, 1.82) is 0 Å². The standard InChI is InChI=1S/C10H15N3OS.HI/c11-10(12)13-6-7-15(14)8-9-4-2-1-3-5-9;/h1-5H,6-8H2,(H4,11,12,13);1H. The lowest BCUT2D eigenvalue weighted by molar-refractivity contribution is 0.682. The summed E-state index contributed by atoms with van der Waals surface area (Å²) in [6.07, 6.45) is 0. The summed E-state index contributed by atoms with van der Waals surface area (Å²) in [6, 6.07) is 9.72. The molecule has 0 aliphatic heterocycles. The maximum absolute atomic E-state index is 11.6. The molecule has 0 radical (unpaired) electrons. The largest absolute Gasteiger partial charge is 0.370 e. The third-order valence-corrected chi connectivity index (χ3v) is 3.08. The van der Waals surface area contributed by atoms with Gasteiger partial charge in [-0.25, -0.2) is 0 Å². The van der Waals surface area contributed by atoms with E-state index in [-0.39, 0.29) is 29.9 Å². The third kappa shape index (κ3) is 6.78. The van der Waals surface area contributed by atoms with Crippen molar-refractivity contribution >= 4 is 40.7 Å². The minimum absolute atomic E-state index is 0. The average Bonchev–Trinajstić information content (AvgIpc) is 2.18. The summed E-state index contributed by atoms with van der Waals surface area (Å²) in [7, 11) is -0.906. The highest BCUT2D eigenvalue weighted by Crippen LogP contribution is 2.02. The molecular weight excluding hydrogens is 337 g/mol. The molecule has 1 aromatic carbocycles. The lowest BCUT2D eigenvalue weighted by atomic mass is 10.2. The predicted molar refractivity (Wildman–Crippen MR) is 79.2 cm³/mol. The molecule has 4 N–H and O–H groups in total. The maximum atomic E-state index is 11.6. The van der Waals surface area contributed by atoms with Crippen molar-refractivity contribution in [3.05, 3.63) is 35.9 Å². The number of aliphatic imine (C=N–C) groups is 1. The van der Waals surface area contributed by atoms with E-state index in [9.17, 15) is 4.21 Å². The summed E-state index contributed by atoms with van der Waals surface area (Å²) in [5, 5.41) is 0. The molecule has 0 spiro atoms. The predicted octanol–water partition coefficient (Wildman–Crippen LogP) is 0.827. The number of rotatable bonds is 5. The molecule has 0 bridgehead atoms. The van der Waals surface area contributed by atoms with Crippen molar-refractivity contribution in [2.45, 2.75) is 5.75 Å². The monoisotopic (exact) mass is 353 g/mol. The molecule has 0 heterocycles. The zero-order chi connectivity index (χ0) is 11.1. The summed E-state index contributed by atoms with van der Waals surface area (Å²) in [4.78, 5) is 3.79. The van der Waals surface area contributed by atoms with Gasteiger partial charge in [0.05, 0.1) is 6.54 Å². The van der Waals surface area contributed by atoms with Gasteiger partial charge in [-0.3, -0.25) is 9.20 Å². The lowest BCUT2D eigenvalue weighted by Gasteiger charge is -2.00. The van der Waals surface area contributed by atoms with Gasteiger partial charge in [0, 0.05) is 22.3 Å². The molecule has 0 aliphatic carbocycles. The summed E-state index contributed by atoms with van der Waals surface area (Å²) in [5.41, 5.74) is 11.4. The van der Waals surface area contributed by atoms with Gasteiger partial charge in [-0.15, -0.1) is 24.0 Å². The lowest BCUT2D eigenvalue weighted by Crippen LogP contribution is -2.23. The third-order valence-electron chi connectivity index (χ3n) is 1.78. The number of nitrogens with zero attached hydrogens (tertiary/aromatic N) is 1. The summed E-state index contributed by atoms with van der Waals surface area (Å²) in [5.74, 6) is 1.10. The Hall–Kier alpha value is -0.630. The van der Waals surface area contributed by atoms with Gasteiger partial charge in [0.15, 0.2) is 5.96 Å². The van der Waals surface area contributed by atoms with Crippen LogP contribution in [0.2, 0.25) is 0 Å². The molecule has 0 saturated carbocycles. The van der Waals surface area contributed by atoms with Gasteiger partial charge >= 0.3 is 0 Å². The SMILES string of the molecule is I.NC(N)=NCCS(=O)Cc1ccccc1. The summed E-state index contributed by atoms with van der Waals surface area (Å²) in [6.45, 7) is 0.418. The summed E-state index contributed by atoms with van der Waals surface area (Å²) >= 11 is 0. The van der Waals surface area contributed by atoms with Gasteiger partial charge in [-0.2, -0.15) is 0 Å². The van der Waals surface area contributed by atoms with Gasteiger partial charge in [0.2, 0.25) is 0 Å². The smallest absolute Gasteiger partial charge is 0.185 e. The minimum atomic E-state index is -0.906. The van der Waals surface area contributed by atoms with Gasteiger partial charge in [-0.05, 0) is 5.56 Å². The Bertz CT molecular complexity index is 352. The molecule has 0 fully saturated rings. The van der Waals surface area contributed by atoms with E-state index in [2.05, 4.69) is 4.99 Å². The van der Waals surface area contributed by atoms with Crippen molar-refractivity contribution in [2.24, 2.45) is 16.5 Å². The van der Waals surface area contributed by atoms with E-state index < -0.39 is 10.8 Å². The Balaban J connectivity index is 0.00000225. The molecule has 4 nitrogen and oxygen atoms in total. The van der Waals surface area contributed by atoms with Crippen LogP contribution in [-0.4, -0.2) is 22.5 Å². The van der Waals surface area contributed by atoms with Gasteiger partial charge < -0.3 is 11.5 Å². The van der Waals surface area contributed by atoms with E-state index in [1.165, 1.54) is 0 Å². The molecule has 0 saturated heterocycles. The topological polar surface area (TPSA) is 81.5 Å². The quantitative estimate of drug-likeness (QED) is 0.467. The van der Waals surface area contributed by atoms with Crippen molar-refractivity contribution in [3.8, 4) is 0 Å². The Labute approximate surface area is 115 Å². The fourth-order valence-corrected chi connectivity index (χ4v) is 2.11. The van der Waals surface area contributed by atoms with Crippen LogP contribution in [0.5, 0.6) is 0 Å². The van der Waals surface area contributed by atoms with Crippen molar-refractivity contribution in [3.63, 3.8) is 0 Å². The van der Waals surface area contributed by atoms with E-state index in [4.69, 9.17) is 11.5 Å². The molecule has 1 unspecified atom stereocenters. The molecule has 16 heavy (non-hydrogen) atoms. The maximum Gasteiger partial charge on any atom is 0.185 e. The highest BCUT2D eigenvalue weighted by atomic mass is 127.